The molecule has 120 valence electrons. The average molecular weight is 302 g/mol. The van der Waals surface area contributed by atoms with Crippen molar-refractivity contribution in [1.29, 1.82) is 0 Å². The largest absolute Gasteiger partial charge is 0.508 e. The summed E-state index contributed by atoms with van der Waals surface area (Å²) in [6.45, 7) is 11.4. The Morgan fingerprint density at radius 2 is 1.77 bits per heavy atom. The van der Waals surface area contributed by atoms with Crippen molar-refractivity contribution in [2.24, 2.45) is 0 Å². The number of carboxylic acid groups (broad SMARTS) is 1. The zero-order chi connectivity index (χ0) is 17.0. The van der Waals surface area contributed by atoms with E-state index in [-0.39, 0.29) is 11.3 Å². The Kier molecular flexibility index (Phi) is 10.2. The molecule has 0 aromatic heterocycles. The number of benzene rings is 1. The molecule has 0 heterocycles. The Bertz CT molecular complexity index is 510. The number of aliphatic carboxylic acids is 1. The van der Waals surface area contributed by atoms with E-state index in [2.05, 4.69) is 13.2 Å². The van der Waals surface area contributed by atoms with Gasteiger partial charge >= 0.3 is 5.97 Å². The predicted octanol–water partition coefficient (Wildman–Crippen LogP) is 4.88. The van der Waals surface area contributed by atoms with Gasteiger partial charge in [0.1, 0.15) is 5.75 Å². The monoisotopic (exact) mass is 302 g/mol. The predicted molar refractivity (Wildman–Crippen MR) is 92.1 cm³/mol. The second-order valence-corrected chi connectivity index (χ2v) is 4.71. The molecule has 0 fully saturated rings. The molecular weight excluding hydrogens is 276 g/mol. The average Bonchev–Trinajstić information content (AvgIpc) is 2.51. The van der Waals surface area contributed by atoms with Crippen LogP contribution in [0.4, 0.5) is 0 Å². The molecule has 0 atom stereocenters. The van der Waals surface area contributed by atoms with Crippen LogP contribution in [0, 0.1) is 0 Å². The minimum Gasteiger partial charge on any atom is -0.508 e. The van der Waals surface area contributed by atoms with Crippen molar-refractivity contribution in [3.63, 3.8) is 0 Å². The lowest BCUT2D eigenvalue weighted by Gasteiger charge is -2.04. The molecule has 0 saturated heterocycles. The van der Waals surface area contributed by atoms with Crippen LogP contribution >= 0.6 is 0 Å². The van der Waals surface area contributed by atoms with Gasteiger partial charge in [-0.2, -0.15) is 0 Å². The Balaban J connectivity index is 0.00000211. The van der Waals surface area contributed by atoms with Gasteiger partial charge in [0.05, 0.1) is 5.57 Å². The van der Waals surface area contributed by atoms with E-state index in [1.54, 1.807) is 18.2 Å². The molecule has 0 aliphatic heterocycles. The van der Waals surface area contributed by atoms with Crippen LogP contribution in [0.15, 0.2) is 60.7 Å². The van der Waals surface area contributed by atoms with Crippen molar-refractivity contribution < 1.29 is 15.0 Å². The van der Waals surface area contributed by atoms with Gasteiger partial charge in [-0.25, -0.2) is 4.79 Å². The zero-order valence-corrected chi connectivity index (χ0v) is 13.5. The lowest BCUT2D eigenvalue weighted by molar-refractivity contribution is -0.132. The fraction of sp³-hybridized carbons (Fsp3) is 0.316. The van der Waals surface area contributed by atoms with E-state index in [1.807, 2.05) is 26.0 Å². The highest BCUT2D eigenvalue weighted by molar-refractivity contribution is 5.88. The van der Waals surface area contributed by atoms with Crippen LogP contribution < -0.4 is 0 Å². The molecule has 0 aliphatic carbocycles. The van der Waals surface area contributed by atoms with Gasteiger partial charge in [0.15, 0.2) is 0 Å². The van der Waals surface area contributed by atoms with Gasteiger partial charge in [0.25, 0.3) is 0 Å². The fourth-order valence-electron chi connectivity index (χ4n) is 1.75. The number of aryl methyl sites for hydroxylation is 1. The number of aromatic hydroxyl groups is 1. The number of hydrogen-bond donors (Lipinski definition) is 2. The summed E-state index contributed by atoms with van der Waals surface area (Å²) in [4.78, 5) is 10.5. The van der Waals surface area contributed by atoms with Crippen LogP contribution in [-0.2, 0) is 11.2 Å². The van der Waals surface area contributed by atoms with Gasteiger partial charge in [-0.05, 0) is 43.4 Å². The SMILES string of the molecule is C=C(C/C=C\C(=C)C(=O)O)CCCc1ccc(O)cc1.CC. The van der Waals surface area contributed by atoms with Crippen LogP contribution in [0.2, 0.25) is 0 Å². The quantitative estimate of drug-likeness (QED) is 0.408. The first kappa shape index (κ1) is 19.7. The zero-order valence-electron chi connectivity index (χ0n) is 13.5. The van der Waals surface area contributed by atoms with Crippen molar-refractivity contribution in [3.8, 4) is 5.75 Å². The number of carboxylic acids is 1. The summed E-state index contributed by atoms with van der Waals surface area (Å²) < 4.78 is 0. The number of rotatable bonds is 8. The number of phenolic OH excluding ortho intramolecular Hbond substituents is 1. The van der Waals surface area contributed by atoms with Gasteiger partial charge in [-0.15, -0.1) is 0 Å². The van der Waals surface area contributed by atoms with Gasteiger partial charge in [0, 0.05) is 0 Å². The second kappa shape index (κ2) is 11.4. The molecule has 1 aromatic rings. The molecule has 0 aliphatic rings. The van der Waals surface area contributed by atoms with Crippen molar-refractivity contribution in [2.75, 3.05) is 0 Å². The van der Waals surface area contributed by atoms with E-state index in [4.69, 9.17) is 5.11 Å². The second-order valence-electron chi connectivity index (χ2n) is 4.71. The van der Waals surface area contributed by atoms with Crippen LogP contribution in [0.1, 0.15) is 38.7 Å². The molecule has 3 heteroatoms. The van der Waals surface area contributed by atoms with Crippen LogP contribution in [0.5, 0.6) is 5.75 Å². The van der Waals surface area contributed by atoms with Crippen LogP contribution in [0.3, 0.4) is 0 Å². The minimum absolute atomic E-state index is 0.0851. The van der Waals surface area contributed by atoms with Crippen molar-refractivity contribution in [3.05, 3.63) is 66.3 Å². The number of phenols is 1. The van der Waals surface area contributed by atoms with Gasteiger partial charge in [0.2, 0.25) is 0 Å². The molecule has 3 nitrogen and oxygen atoms in total. The molecule has 2 N–H and O–H groups in total. The lowest BCUT2D eigenvalue weighted by Crippen LogP contribution is -1.95. The van der Waals surface area contributed by atoms with E-state index in [9.17, 15) is 9.90 Å². The topological polar surface area (TPSA) is 57.5 Å². The summed E-state index contributed by atoms with van der Waals surface area (Å²) >= 11 is 0. The molecule has 0 saturated carbocycles. The maximum atomic E-state index is 10.5. The Labute approximate surface area is 133 Å². The lowest BCUT2D eigenvalue weighted by atomic mass is 10.0. The van der Waals surface area contributed by atoms with E-state index >= 15 is 0 Å². The highest BCUT2D eigenvalue weighted by Crippen LogP contribution is 2.15. The number of carbonyl (C=O) groups is 1. The minimum atomic E-state index is -1.00. The summed E-state index contributed by atoms with van der Waals surface area (Å²) in [7, 11) is 0. The number of hydrogen-bond acceptors (Lipinski definition) is 2. The first-order valence-corrected chi connectivity index (χ1v) is 7.52. The first-order chi connectivity index (χ1) is 10.5. The smallest absolute Gasteiger partial charge is 0.335 e. The number of allylic oxidation sites excluding steroid dienone is 2. The van der Waals surface area contributed by atoms with E-state index in [0.717, 1.165) is 24.8 Å². The molecule has 0 bridgehead atoms. The van der Waals surface area contributed by atoms with Gasteiger partial charge in [-0.1, -0.05) is 56.9 Å². The maximum absolute atomic E-state index is 10.5. The van der Waals surface area contributed by atoms with Crippen LogP contribution in [0.25, 0.3) is 0 Å². The standard InChI is InChI=1S/C17H20O3.C2H6/c1-13(5-3-7-14(2)17(19)20)6-4-8-15-9-11-16(18)12-10-15;1-2/h3,7,9-12,18H,1-2,4-6,8H2,(H,19,20);1-2H3/b7-3-;. The molecule has 22 heavy (non-hydrogen) atoms. The summed E-state index contributed by atoms with van der Waals surface area (Å²) in [6.07, 6.45) is 6.77. The molecule has 0 spiro atoms. The summed E-state index contributed by atoms with van der Waals surface area (Å²) in [5, 5.41) is 17.8. The van der Waals surface area contributed by atoms with E-state index in [1.165, 1.54) is 11.6 Å². The summed E-state index contributed by atoms with van der Waals surface area (Å²) in [5.41, 5.74) is 2.34. The van der Waals surface area contributed by atoms with E-state index in [0.29, 0.717) is 6.42 Å². The van der Waals surface area contributed by atoms with Gasteiger partial charge in [-0.3, -0.25) is 0 Å². The molecule has 0 unspecified atom stereocenters. The van der Waals surface area contributed by atoms with E-state index < -0.39 is 5.97 Å². The normalized spacial score (nSPS) is 9.91. The summed E-state index contributed by atoms with van der Waals surface area (Å²) in [5.74, 6) is -0.721. The Hall–Kier alpha value is -2.29. The summed E-state index contributed by atoms with van der Waals surface area (Å²) in [6, 6.07) is 7.19. The Morgan fingerprint density at radius 3 is 2.32 bits per heavy atom. The molecular formula is C19H26O3. The third-order valence-electron chi connectivity index (χ3n) is 2.93. The Morgan fingerprint density at radius 1 is 1.18 bits per heavy atom. The first-order valence-electron chi connectivity index (χ1n) is 7.52. The molecule has 1 rings (SSSR count). The third kappa shape index (κ3) is 8.80. The highest BCUT2D eigenvalue weighted by atomic mass is 16.4. The fourth-order valence-corrected chi connectivity index (χ4v) is 1.75. The van der Waals surface area contributed by atoms with Gasteiger partial charge < -0.3 is 10.2 Å². The van der Waals surface area contributed by atoms with Crippen molar-refractivity contribution >= 4 is 5.97 Å². The van der Waals surface area contributed by atoms with Crippen molar-refractivity contribution in [2.45, 2.75) is 39.5 Å². The maximum Gasteiger partial charge on any atom is 0.335 e. The third-order valence-corrected chi connectivity index (χ3v) is 2.93. The molecule has 1 aromatic carbocycles. The molecule has 0 amide bonds. The molecule has 0 radical (unpaired) electrons. The van der Waals surface area contributed by atoms with Crippen LogP contribution in [-0.4, -0.2) is 16.2 Å². The van der Waals surface area contributed by atoms with Crippen molar-refractivity contribution in [1.82, 2.24) is 0 Å². The highest BCUT2D eigenvalue weighted by Gasteiger charge is 1.99.